The van der Waals surface area contributed by atoms with Gasteiger partial charge in [0.15, 0.2) is 0 Å². The van der Waals surface area contributed by atoms with Crippen LogP contribution < -0.4 is 4.72 Å². The number of benzene rings is 3. The van der Waals surface area contributed by atoms with Gasteiger partial charge in [-0.3, -0.25) is 0 Å². The normalized spacial score (nSPS) is 12.6. The first-order valence-corrected chi connectivity index (χ1v) is 10.7. The van der Waals surface area contributed by atoms with Gasteiger partial charge in [0.25, 0.3) is 0 Å². The van der Waals surface area contributed by atoms with E-state index in [2.05, 4.69) is 14.9 Å². The molecule has 3 aromatic carbocycles. The van der Waals surface area contributed by atoms with Crippen molar-refractivity contribution in [2.45, 2.75) is 10.9 Å². The Labute approximate surface area is 177 Å². The second-order valence-corrected chi connectivity index (χ2v) is 8.46. The SMILES string of the molecule is O=S(=O)(N[C@@H](c1nnc(-c2ccccc2)o1)c1ccccc1Cl)c1ccc(F)cc1. The van der Waals surface area contributed by atoms with Gasteiger partial charge in [0.05, 0.1) is 4.90 Å². The van der Waals surface area contributed by atoms with Gasteiger partial charge >= 0.3 is 0 Å². The fraction of sp³-hybridized carbons (Fsp3) is 0.0476. The molecule has 0 bridgehead atoms. The minimum Gasteiger partial charge on any atom is -0.419 e. The third-order valence-corrected chi connectivity index (χ3v) is 6.10. The Morgan fingerprint density at radius 3 is 2.27 bits per heavy atom. The summed E-state index contributed by atoms with van der Waals surface area (Å²) in [6, 6.07) is 19.3. The van der Waals surface area contributed by atoms with Crippen LogP contribution >= 0.6 is 11.6 Å². The van der Waals surface area contributed by atoms with E-state index in [-0.39, 0.29) is 16.7 Å². The lowest BCUT2D eigenvalue weighted by Gasteiger charge is -2.17. The van der Waals surface area contributed by atoms with Crippen molar-refractivity contribution >= 4 is 21.6 Å². The van der Waals surface area contributed by atoms with E-state index in [1.807, 2.05) is 18.2 Å². The zero-order chi connectivity index (χ0) is 21.1. The lowest BCUT2D eigenvalue weighted by Crippen LogP contribution is -2.30. The predicted molar refractivity (Wildman–Crippen MR) is 110 cm³/mol. The molecule has 0 spiro atoms. The number of nitrogens with zero attached hydrogens (tertiary/aromatic N) is 2. The molecule has 0 radical (unpaired) electrons. The van der Waals surface area contributed by atoms with Gasteiger partial charge in [0.1, 0.15) is 11.9 Å². The molecule has 0 amide bonds. The molecule has 1 atom stereocenters. The van der Waals surface area contributed by atoms with Crippen LogP contribution in [-0.4, -0.2) is 18.6 Å². The van der Waals surface area contributed by atoms with Crippen molar-refractivity contribution in [3.63, 3.8) is 0 Å². The summed E-state index contributed by atoms with van der Waals surface area (Å²) in [6.45, 7) is 0. The van der Waals surface area contributed by atoms with Crippen molar-refractivity contribution in [1.82, 2.24) is 14.9 Å². The van der Waals surface area contributed by atoms with Crippen molar-refractivity contribution in [1.29, 1.82) is 0 Å². The summed E-state index contributed by atoms with van der Waals surface area (Å²) in [5, 5.41) is 8.40. The molecule has 0 unspecified atom stereocenters. The zero-order valence-electron chi connectivity index (χ0n) is 15.4. The number of hydrogen-bond donors (Lipinski definition) is 1. The Balaban J connectivity index is 1.75. The minimum atomic E-state index is -4.05. The molecule has 1 aromatic heterocycles. The molecule has 0 saturated carbocycles. The van der Waals surface area contributed by atoms with E-state index in [9.17, 15) is 12.8 Å². The van der Waals surface area contributed by atoms with Gasteiger partial charge in [-0.1, -0.05) is 48.0 Å². The van der Waals surface area contributed by atoms with Crippen molar-refractivity contribution in [2.24, 2.45) is 0 Å². The Morgan fingerprint density at radius 2 is 1.57 bits per heavy atom. The van der Waals surface area contributed by atoms with Gasteiger partial charge in [-0.15, -0.1) is 10.2 Å². The van der Waals surface area contributed by atoms with Crippen LogP contribution in [0.1, 0.15) is 17.5 Å². The molecule has 1 heterocycles. The van der Waals surface area contributed by atoms with E-state index in [0.717, 1.165) is 12.1 Å². The first-order valence-electron chi connectivity index (χ1n) is 8.85. The van der Waals surface area contributed by atoms with Crippen LogP contribution in [0.2, 0.25) is 5.02 Å². The number of hydrogen-bond acceptors (Lipinski definition) is 5. The molecule has 4 rings (SSSR count). The van der Waals surface area contributed by atoms with Crippen LogP contribution in [0.15, 0.2) is 88.2 Å². The molecule has 0 aliphatic carbocycles. The summed E-state index contributed by atoms with van der Waals surface area (Å²) < 4.78 is 47.4. The second kappa shape index (κ2) is 8.35. The van der Waals surface area contributed by atoms with Gasteiger partial charge < -0.3 is 4.42 Å². The Hall–Kier alpha value is -3.07. The highest BCUT2D eigenvalue weighted by molar-refractivity contribution is 7.89. The van der Waals surface area contributed by atoms with Crippen LogP contribution in [0.25, 0.3) is 11.5 Å². The maximum atomic E-state index is 13.2. The standard InChI is InChI=1S/C21H15ClFN3O3S/c22-18-9-5-4-8-17(18)19(26-30(27,28)16-12-10-15(23)11-13-16)21-25-24-20(29-21)14-6-2-1-3-7-14/h1-13,19,26H/t19-/m1/s1. The van der Waals surface area contributed by atoms with E-state index >= 15 is 0 Å². The zero-order valence-corrected chi connectivity index (χ0v) is 16.9. The lowest BCUT2D eigenvalue weighted by molar-refractivity contribution is 0.464. The first kappa shape index (κ1) is 20.2. The van der Waals surface area contributed by atoms with E-state index < -0.39 is 21.9 Å². The smallest absolute Gasteiger partial charge is 0.247 e. The van der Waals surface area contributed by atoms with Crippen LogP contribution in [0.3, 0.4) is 0 Å². The number of sulfonamides is 1. The van der Waals surface area contributed by atoms with Crippen LogP contribution in [0.4, 0.5) is 4.39 Å². The largest absolute Gasteiger partial charge is 0.419 e. The maximum Gasteiger partial charge on any atom is 0.247 e. The predicted octanol–water partition coefficient (Wildman–Crippen LogP) is 4.60. The van der Waals surface area contributed by atoms with E-state index in [0.29, 0.717) is 16.1 Å². The van der Waals surface area contributed by atoms with Crippen molar-refractivity contribution in [3.05, 3.63) is 101 Å². The van der Waals surface area contributed by atoms with Crippen molar-refractivity contribution < 1.29 is 17.2 Å². The fourth-order valence-corrected chi connectivity index (χ4v) is 4.26. The lowest BCUT2D eigenvalue weighted by atomic mass is 10.1. The Kier molecular flexibility index (Phi) is 5.63. The molecule has 152 valence electrons. The summed E-state index contributed by atoms with van der Waals surface area (Å²) in [5.41, 5.74) is 1.13. The third-order valence-electron chi connectivity index (χ3n) is 4.32. The Morgan fingerprint density at radius 1 is 0.900 bits per heavy atom. The molecule has 0 aliphatic heterocycles. The van der Waals surface area contributed by atoms with Gasteiger partial charge in [-0.2, -0.15) is 4.72 Å². The molecule has 9 heteroatoms. The topological polar surface area (TPSA) is 85.1 Å². The highest BCUT2D eigenvalue weighted by Gasteiger charge is 2.29. The number of aromatic nitrogens is 2. The van der Waals surface area contributed by atoms with Crippen LogP contribution in [0, 0.1) is 5.82 Å². The van der Waals surface area contributed by atoms with Gasteiger partial charge in [0.2, 0.25) is 21.8 Å². The molecule has 4 aromatic rings. The van der Waals surface area contributed by atoms with Crippen LogP contribution in [-0.2, 0) is 10.0 Å². The van der Waals surface area contributed by atoms with Crippen molar-refractivity contribution in [3.8, 4) is 11.5 Å². The Bertz CT molecular complexity index is 1260. The van der Waals surface area contributed by atoms with E-state index in [4.69, 9.17) is 16.0 Å². The summed E-state index contributed by atoms with van der Waals surface area (Å²) in [5.74, 6) is -0.280. The quantitative estimate of drug-likeness (QED) is 0.471. The minimum absolute atomic E-state index is 0.0210. The fourth-order valence-electron chi connectivity index (χ4n) is 2.84. The highest BCUT2D eigenvalue weighted by atomic mass is 35.5. The summed E-state index contributed by atoms with van der Waals surface area (Å²) in [6.07, 6.45) is 0. The van der Waals surface area contributed by atoms with Crippen LogP contribution in [0.5, 0.6) is 0 Å². The average molecular weight is 444 g/mol. The molecule has 30 heavy (non-hydrogen) atoms. The molecular weight excluding hydrogens is 429 g/mol. The van der Waals surface area contributed by atoms with E-state index in [1.165, 1.54) is 12.1 Å². The molecule has 0 aliphatic rings. The monoisotopic (exact) mass is 443 g/mol. The van der Waals surface area contributed by atoms with Gasteiger partial charge in [0, 0.05) is 10.6 Å². The molecule has 6 nitrogen and oxygen atoms in total. The maximum absolute atomic E-state index is 13.2. The first-order chi connectivity index (χ1) is 14.4. The third kappa shape index (κ3) is 4.25. The summed E-state index contributed by atoms with van der Waals surface area (Å²) >= 11 is 6.31. The molecule has 1 N–H and O–H groups in total. The van der Waals surface area contributed by atoms with Crippen molar-refractivity contribution in [2.75, 3.05) is 0 Å². The summed E-state index contributed by atoms with van der Waals surface area (Å²) in [7, 11) is -4.05. The molecule has 0 saturated heterocycles. The molecule has 0 fully saturated rings. The average Bonchev–Trinajstić information content (AvgIpc) is 3.24. The summed E-state index contributed by atoms with van der Waals surface area (Å²) in [4.78, 5) is -0.108. The van der Waals surface area contributed by atoms with E-state index in [1.54, 1.807) is 36.4 Å². The van der Waals surface area contributed by atoms with Gasteiger partial charge in [-0.05, 0) is 48.0 Å². The van der Waals surface area contributed by atoms with Gasteiger partial charge in [-0.25, -0.2) is 12.8 Å². The second-order valence-electron chi connectivity index (χ2n) is 6.34. The molecular formula is C21H15ClFN3O3S. The number of rotatable bonds is 6. The highest BCUT2D eigenvalue weighted by Crippen LogP contribution is 2.31. The number of halogens is 2. The number of nitrogens with one attached hydrogen (secondary N) is 1.